The number of hydrogen-bond donors (Lipinski definition) is 2. The maximum atomic E-state index is 5.85. The molecule has 0 aliphatic carbocycles. The van der Waals surface area contributed by atoms with Gasteiger partial charge in [-0.3, -0.25) is 9.89 Å². The quantitative estimate of drug-likeness (QED) is 0.582. The van der Waals surface area contributed by atoms with Crippen LogP contribution in [0.25, 0.3) is 0 Å². The van der Waals surface area contributed by atoms with Crippen LogP contribution in [0.15, 0.2) is 15.6 Å². The number of rotatable bonds is 5. The summed E-state index contributed by atoms with van der Waals surface area (Å²) in [5.41, 5.74) is 0.157. The lowest BCUT2D eigenvalue weighted by Crippen LogP contribution is -2.60. The van der Waals surface area contributed by atoms with Gasteiger partial charge in [0.05, 0.1) is 26.0 Å². The number of guanidine groups is 1. The first-order valence-corrected chi connectivity index (χ1v) is 10.9. The Morgan fingerprint density at radius 3 is 2.70 bits per heavy atom. The topological polar surface area (TPSA) is 74.9 Å². The average Bonchev–Trinajstić information content (AvgIpc) is 3.33. The summed E-state index contributed by atoms with van der Waals surface area (Å²) in [4.78, 5) is 11.3. The van der Waals surface area contributed by atoms with E-state index >= 15 is 0 Å². The van der Waals surface area contributed by atoms with Crippen LogP contribution in [0.4, 0.5) is 0 Å². The van der Waals surface area contributed by atoms with Crippen LogP contribution in [0.2, 0.25) is 0 Å². The normalized spacial score (nSPS) is 25.0. The summed E-state index contributed by atoms with van der Waals surface area (Å²) in [6.07, 6.45) is 3.02. The highest BCUT2D eigenvalue weighted by Crippen LogP contribution is 2.33. The van der Waals surface area contributed by atoms with Gasteiger partial charge in [-0.25, -0.2) is 4.98 Å². The summed E-state index contributed by atoms with van der Waals surface area (Å²) in [7, 11) is 1.80. The molecule has 1 aromatic rings. The number of morpholine rings is 1. The molecule has 8 heteroatoms. The standard InChI is InChI=1S/C19H33N5O2S/c1-18(2,3)15-11-21-16(26-15)12-22-17(20-4)23-13-19(5-10-27-14-19)24-6-8-25-9-7-24/h11H,5-10,12-14H2,1-4H3,(H2,20,22,23). The third kappa shape index (κ3) is 5.18. The van der Waals surface area contributed by atoms with Gasteiger partial charge in [0.25, 0.3) is 0 Å². The zero-order valence-corrected chi connectivity index (χ0v) is 17.8. The molecule has 1 unspecified atom stereocenters. The number of thioether (sulfide) groups is 1. The Morgan fingerprint density at radius 1 is 1.33 bits per heavy atom. The minimum atomic E-state index is -0.0319. The molecule has 27 heavy (non-hydrogen) atoms. The van der Waals surface area contributed by atoms with Crippen molar-refractivity contribution in [1.29, 1.82) is 0 Å². The van der Waals surface area contributed by atoms with E-state index < -0.39 is 0 Å². The Labute approximate surface area is 166 Å². The fourth-order valence-corrected chi connectivity index (χ4v) is 4.98. The highest BCUT2D eigenvalue weighted by molar-refractivity contribution is 7.99. The summed E-state index contributed by atoms with van der Waals surface area (Å²) in [5.74, 6) is 4.75. The molecule has 0 radical (unpaired) electrons. The van der Waals surface area contributed by atoms with Crippen LogP contribution in [-0.2, 0) is 16.7 Å². The molecule has 1 aromatic heterocycles. The summed E-state index contributed by atoms with van der Waals surface area (Å²) in [5, 5.41) is 6.86. The van der Waals surface area contributed by atoms with E-state index in [0.29, 0.717) is 12.4 Å². The molecule has 2 aliphatic heterocycles. The lowest BCUT2D eigenvalue weighted by Gasteiger charge is -2.43. The summed E-state index contributed by atoms with van der Waals surface area (Å²) >= 11 is 2.04. The molecule has 0 saturated carbocycles. The van der Waals surface area contributed by atoms with Gasteiger partial charge < -0.3 is 19.8 Å². The van der Waals surface area contributed by atoms with Crippen molar-refractivity contribution in [3.8, 4) is 0 Å². The monoisotopic (exact) mass is 395 g/mol. The molecule has 152 valence electrons. The van der Waals surface area contributed by atoms with Crippen LogP contribution in [0.5, 0.6) is 0 Å². The molecule has 0 bridgehead atoms. The Hall–Kier alpha value is -1.25. The third-order valence-electron chi connectivity index (χ3n) is 5.27. The fraction of sp³-hybridized carbons (Fsp3) is 0.789. The first-order valence-electron chi connectivity index (χ1n) is 9.73. The van der Waals surface area contributed by atoms with Crippen molar-refractivity contribution in [2.24, 2.45) is 4.99 Å². The molecular weight excluding hydrogens is 362 g/mol. The van der Waals surface area contributed by atoms with Gasteiger partial charge in [-0.05, 0) is 12.2 Å². The van der Waals surface area contributed by atoms with Gasteiger partial charge in [-0.15, -0.1) is 0 Å². The number of oxazole rings is 1. The molecule has 2 aliphatic rings. The number of nitrogens with one attached hydrogen (secondary N) is 2. The van der Waals surface area contributed by atoms with Gasteiger partial charge in [0.2, 0.25) is 5.89 Å². The molecule has 0 aromatic carbocycles. The minimum Gasteiger partial charge on any atom is -0.443 e. The molecule has 0 spiro atoms. The second-order valence-electron chi connectivity index (χ2n) is 8.27. The van der Waals surface area contributed by atoms with Crippen molar-refractivity contribution in [3.63, 3.8) is 0 Å². The fourth-order valence-electron chi connectivity index (χ4n) is 3.50. The van der Waals surface area contributed by atoms with Gasteiger partial charge in [-0.2, -0.15) is 11.8 Å². The largest absolute Gasteiger partial charge is 0.443 e. The van der Waals surface area contributed by atoms with Crippen molar-refractivity contribution in [3.05, 3.63) is 17.8 Å². The summed E-state index contributed by atoms with van der Waals surface area (Å²) < 4.78 is 11.4. The molecule has 0 amide bonds. The van der Waals surface area contributed by atoms with E-state index in [4.69, 9.17) is 9.15 Å². The van der Waals surface area contributed by atoms with E-state index in [9.17, 15) is 0 Å². The van der Waals surface area contributed by atoms with Crippen LogP contribution in [0, 0.1) is 0 Å². The summed E-state index contributed by atoms with van der Waals surface area (Å²) in [6, 6.07) is 0. The first-order chi connectivity index (χ1) is 12.9. The predicted molar refractivity (Wildman–Crippen MR) is 110 cm³/mol. The van der Waals surface area contributed by atoms with Gasteiger partial charge in [0.1, 0.15) is 5.76 Å². The number of hydrogen-bond acceptors (Lipinski definition) is 6. The highest BCUT2D eigenvalue weighted by Gasteiger charge is 2.40. The van der Waals surface area contributed by atoms with Gasteiger partial charge in [0.15, 0.2) is 5.96 Å². The van der Waals surface area contributed by atoms with Crippen LogP contribution in [-0.4, -0.2) is 72.8 Å². The molecule has 1 atom stereocenters. The molecular formula is C19H33N5O2S. The van der Waals surface area contributed by atoms with E-state index in [0.717, 1.165) is 50.3 Å². The predicted octanol–water partition coefficient (Wildman–Crippen LogP) is 1.84. The van der Waals surface area contributed by atoms with Crippen LogP contribution in [0.3, 0.4) is 0 Å². The van der Waals surface area contributed by atoms with E-state index in [1.54, 1.807) is 7.05 Å². The Morgan fingerprint density at radius 2 is 2.11 bits per heavy atom. The number of aliphatic imine (C=N–C) groups is 1. The first kappa shape index (κ1) is 20.5. The average molecular weight is 396 g/mol. The Bertz CT molecular complexity index is 628. The van der Waals surface area contributed by atoms with Gasteiger partial charge in [-0.1, -0.05) is 20.8 Å². The van der Waals surface area contributed by atoms with Crippen molar-refractivity contribution >= 4 is 17.7 Å². The molecule has 2 fully saturated rings. The second-order valence-corrected chi connectivity index (χ2v) is 9.38. The maximum absolute atomic E-state index is 5.85. The highest BCUT2D eigenvalue weighted by atomic mass is 32.2. The lowest BCUT2D eigenvalue weighted by molar-refractivity contribution is -0.0120. The van der Waals surface area contributed by atoms with Gasteiger partial charge in [0, 0.05) is 43.4 Å². The molecule has 2 saturated heterocycles. The zero-order valence-electron chi connectivity index (χ0n) is 17.0. The minimum absolute atomic E-state index is 0.0319. The smallest absolute Gasteiger partial charge is 0.213 e. The SMILES string of the molecule is CN=C(NCc1ncc(C(C)(C)C)o1)NCC1(N2CCOCC2)CCSC1. The second kappa shape index (κ2) is 8.84. The van der Waals surface area contributed by atoms with E-state index in [1.165, 1.54) is 12.2 Å². The molecule has 7 nitrogen and oxygen atoms in total. The Balaban J connectivity index is 1.54. The molecule has 3 rings (SSSR count). The van der Waals surface area contributed by atoms with E-state index in [1.807, 2.05) is 18.0 Å². The third-order valence-corrected chi connectivity index (χ3v) is 6.51. The van der Waals surface area contributed by atoms with Crippen molar-refractivity contribution in [2.45, 2.75) is 44.7 Å². The lowest BCUT2D eigenvalue weighted by atomic mass is 9.94. The van der Waals surface area contributed by atoms with Crippen molar-refractivity contribution < 1.29 is 9.15 Å². The zero-order chi connectivity index (χ0) is 19.3. The number of nitrogens with zero attached hydrogens (tertiary/aromatic N) is 3. The number of ether oxygens (including phenoxy) is 1. The van der Waals surface area contributed by atoms with Crippen LogP contribution >= 0.6 is 11.8 Å². The number of aromatic nitrogens is 1. The van der Waals surface area contributed by atoms with E-state index in [-0.39, 0.29) is 11.0 Å². The summed E-state index contributed by atoms with van der Waals surface area (Å²) in [6.45, 7) is 11.5. The molecule has 2 N–H and O–H groups in total. The van der Waals surface area contributed by atoms with E-state index in [2.05, 4.69) is 46.3 Å². The van der Waals surface area contributed by atoms with Crippen LogP contribution < -0.4 is 10.6 Å². The Kier molecular flexibility index (Phi) is 6.70. The van der Waals surface area contributed by atoms with Crippen molar-refractivity contribution in [2.75, 3.05) is 51.4 Å². The maximum Gasteiger partial charge on any atom is 0.213 e. The van der Waals surface area contributed by atoms with Crippen LogP contribution in [0.1, 0.15) is 38.8 Å². The van der Waals surface area contributed by atoms with Crippen molar-refractivity contribution in [1.82, 2.24) is 20.5 Å². The molecule has 3 heterocycles. The van der Waals surface area contributed by atoms with Gasteiger partial charge >= 0.3 is 0 Å².